The molecule has 8 heteroatoms. The van der Waals surface area contributed by atoms with Crippen LogP contribution in [0.15, 0.2) is 16.9 Å². The van der Waals surface area contributed by atoms with Crippen molar-refractivity contribution in [2.45, 2.75) is 45.8 Å². The molecule has 0 aliphatic carbocycles. The lowest BCUT2D eigenvalue weighted by atomic mass is 9.83. The predicted molar refractivity (Wildman–Crippen MR) is 113 cm³/mol. The molecule has 4 rings (SSSR count). The molecular weight excluding hydrogens is 382 g/mol. The summed E-state index contributed by atoms with van der Waals surface area (Å²) in [4.78, 5) is 28.5. The van der Waals surface area contributed by atoms with E-state index < -0.39 is 5.97 Å². The fourth-order valence-corrected chi connectivity index (χ4v) is 5.19. The van der Waals surface area contributed by atoms with Crippen molar-refractivity contribution in [3.63, 3.8) is 0 Å². The van der Waals surface area contributed by atoms with Crippen LogP contribution in [-0.2, 0) is 31.5 Å². The summed E-state index contributed by atoms with van der Waals surface area (Å²) in [6, 6.07) is 4.04. The number of pyridine rings is 1. The summed E-state index contributed by atoms with van der Waals surface area (Å²) in [5.74, 6) is -0.219. The second kappa shape index (κ2) is 8.00. The third-order valence-corrected chi connectivity index (χ3v) is 6.64. The molecule has 2 aromatic heterocycles. The maximum atomic E-state index is 13.2. The van der Waals surface area contributed by atoms with E-state index in [0.29, 0.717) is 25.6 Å². The first-order chi connectivity index (χ1) is 14.2. The molecule has 0 radical (unpaired) electrons. The smallest absolute Gasteiger partial charge is 0.317 e. The number of aromatic nitrogens is 3. The fourth-order valence-electron chi connectivity index (χ4n) is 5.19. The van der Waals surface area contributed by atoms with Gasteiger partial charge in [-0.05, 0) is 39.3 Å². The van der Waals surface area contributed by atoms with Crippen LogP contribution in [0.5, 0.6) is 0 Å². The number of aliphatic carboxylic acids is 1. The van der Waals surface area contributed by atoms with Gasteiger partial charge in [0.15, 0.2) is 0 Å². The lowest BCUT2D eigenvalue weighted by Crippen LogP contribution is -2.48. The lowest BCUT2D eigenvalue weighted by Gasteiger charge is -2.42. The van der Waals surface area contributed by atoms with E-state index in [9.17, 15) is 9.59 Å². The van der Waals surface area contributed by atoms with Crippen LogP contribution >= 0.6 is 0 Å². The van der Waals surface area contributed by atoms with Crippen LogP contribution in [0.25, 0.3) is 0 Å². The molecule has 0 amide bonds. The average molecular weight is 414 g/mol. The second-order valence-electron chi connectivity index (χ2n) is 9.03. The van der Waals surface area contributed by atoms with E-state index in [1.165, 1.54) is 5.56 Å². The summed E-state index contributed by atoms with van der Waals surface area (Å²) in [5.41, 5.74) is 5.36. The zero-order chi connectivity index (χ0) is 21.6. The minimum absolute atomic E-state index is 0.0767. The SMILES string of the molecule is Cc1nn(C)c(C)c1CN(C)Cc1ccc2n(c1=O)C[C@H]1C[C@@H]2CN(CC(=O)O)C1. The van der Waals surface area contributed by atoms with Gasteiger partial charge < -0.3 is 9.67 Å². The van der Waals surface area contributed by atoms with Gasteiger partial charge in [-0.25, -0.2) is 0 Å². The Balaban J connectivity index is 1.52. The first kappa shape index (κ1) is 20.8. The monoisotopic (exact) mass is 413 g/mol. The van der Waals surface area contributed by atoms with Crippen LogP contribution in [-0.4, -0.2) is 61.9 Å². The van der Waals surface area contributed by atoms with Crippen molar-refractivity contribution in [3.05, 3.63) is 50.7 Å². The number of aryl methyl sites for hydroxylation is 2. The Morgan fingerprint density at radius 1 is 1.23 bits per heavy atom. The Kier molecular flexibility index (Phi) is 5.55. The number of carboxylic acids is 1. The predicted octanol–water partition coefficient (Wildman–Crippen LogP) is 1.33. The van der Waals surface area contributed by atoms with E-state index in [1.807, 2.05) is 41.2 Å². The quantitative estimate of drug-likeness (QED) is 0.769. The van der Waals surface area contributed by atoms with Gasteiger partial charge in [0.1, 0.15) is 0 Å². The van der Waals surface area contributed by atoms with Crippen molar-refractivity contribution in [1.29, 1.82) is 0 Å². The molecule has 1 N–H and O–H groups in total. The normalized spacial score (nSPS) is 21.1. The van der Waals surface area contributed by atoms with Crippen molar-refractivity contribution in [2.75, 3.05) is 26.7 Å². The number of carbonyl (C=O) groups is 1. The van der Waals surface area contributed by atoms with Crippen LogP contribution < -0.4 is 5.56 Å². The van der Waals surface area contributed by atoms with Crippen LogP contribution in [0, 0.1) is 19.8 Å². The first-order valence-electron chi connectivity index (χ1n) is 10.6. The summed E-state index contributed by atoms with van der Waals surface area (Å²) >= 11 is 0. The molecule has 0 aromatic carbocycles. The second-order valence-corrected chi connectivity index (χ2v) is 9.03. The number of fused-ring (bicyclic) bond motifs is 4. The lowest BCUT2D eigenvalue weighted by molar-refractivity contribution is -0.139. The van der Waals surface area contributed by atoms with Crippen molar-refractivity contribution in [1.82, 2.24) is 24.1 Å². The van der Waals surface area contributed by atoms with Crippen LogP contribution in [0.2, 0.25) is 0 Å². The minimum atomic E-state index is -0.787. The van der Waals surface area contributed by atoms with E-state index in [2.05, 4.69) is 23.0 Å². The molecule has 2 aromatic rings. The Morgan fingerprint density at radius 3 is 2.67 bits per heavy atom. The standard InChI is InChI=1S/C22H31N5O3/c1-14-19(15(2)25(4)23-14)12-24(3)10-17-5-6-20-18-7-16(9-27(20)22(17)30)8-26(11-18)13-21(28)29/h5-6,16,18H,7-13H2,1-4H3,(H,28,29)/t16-,18+/m0/s1. The van der Waals surface area contributed by atoms with E-state index >= 15 is 0 Å². The molecule has 2 bridgehead atoms. The number of hydrogen-bond acceptors (Lipinski definition) is 5. The Morgan fingerprint density at radius 2 is 2.00 bits per heavy atom. The minimum Gasteiger partial charge on any atom is -0.480 e. The molecule has 0 spiro atoms. The highest BCUT2D eigenvalue weighted by atomic mass is 16.4. The van der Waals surface area contributed by atoms with Gasteiger partial charge >= 0.3 is 5.97 Å². The summed E-state index contributed by atoms with van der Waals surface area (Å²) in [6.45, 7) is 7.65. The molecule has 0 saturated carbocycles. The van der Waals surface area contributed by atoms with Gasteiger partial charge in [0.25, 0.3) is 5.56 Å². The number of piperidine rings is 1. The van der Waals surface area contributed by atoms with Crippen LogP contribution in [0.3, 0.4) is 0 Å². The third-order valence-electron chi connectivity index (χ3n) is 6.64. The Hall–Kier alpha value is -2.45. The number of nitrogens with zero attached hydrogens (tertiary/aromatic N) is 5. The molecule has 1 saturated heterocycles. The molecule has 2 atom stereocenters. The maximum absolute atomic E-state index is 13.2. The van der Waals surface area contributed by atoms with Gasteiger partial charge in [-0.2, -0.15) is 5.10 Å². The largest absolute Gasteiger partial charge is 0.480 e. The molecule has 8 nitrogen and oxygen atoms in total. The van der Waals surface area contributed by atoms with Crippen LogP contribution in [0.4, 0.5) is 0 Å². The van der Waals surface area contributed by atoms with Gasteiger partial charge in [-0.15, -0.1) is 0 Å². The molecule has 162 valence electrons. The van der Waals surface area contributed by atoms with Gasteiger partial charge in [-0.1, -0.05) is 6.07 Å². The highest BCUT2D eigenvalue weighted by molar-refractivity contribution is 5.69. The summed E-state index contributed by atoms with van der Waals surface area (Å²) in [7, 11) is 3.99. The molecule has 1 fully saturated rings. The Labute approximate surface area is 176 Å². The molecule has 2 aliphatic heterocycles. The van der Waals surface area contributed by atoms with Gasteiger partial charge in [0.2, 0.25) is 0 Å². The molecule has 30 heavy (non-hydrogen) atoms. The number of carboxylic acid groups (broad SMARTS) is 1. The van der Waals surface area contributed by atoms with Gasteiger partial charge in [0, 0.05) is 68.2 Å². The van der Waals surface area contributed by atoms with Crippen molar-refractivity contribution >= 4 is 5.97 Å². The zero-order valence-corrected chi connectivity index (χ0v) is 18.3. The number of likely N-dealkylation sites (tertiary alicyclic amines) is 1. The number of rotatable bonds is 6. The van der Waals surface area contributed by atoms with E-state index in [1.54, 1.807) is 0 Å². The third kappa shape index (κ3) is 3.94. The van der Waals surface area contributed by atoms with E-state index in [0.717, 1.165) is 42.2 Å². The van der Waals surface area contributed by atoms with Gasteiger partial charge in [0.05, 0.1) is 12.2 Å². The summed E-state index contributed by atoms with van der Waals surface area (Å²) < 4.78 is 3.85. The number of hydrogen-bond donors (Lipinski definition) is 1. The molecule has 0 unspecified atom stereocenters. The van der Waals surface area contributed by atoms with Crippen LogP contribution in [0.1, 0.15) is 40.5 Å². The first-order valence-corrected chi connectivity index (χ1v) is 10.6. The van der Waals surface area contributed by atoms with Gasteiger partial charge in [-0.3, -0.25) is 24.1 Å². The maximum Gasteiger partial charge on any atom is 0.317 e. The average Bonchev–Trinajstić information content (AvgIpc) is 2.90. The summed E-state index contributed by atoms with van der Waals surface area (Å²) in [5, 5.41) is 13.6. The topological polar surface area (TPSA) is 83.6 Å². The fraction of sp³-hybridized carbons (Fsp3) is 0.591. The zero-order valence-electron chi connectivity index (χ0n) is 18.3. The van der Waals surface area contributed by atoms with E-state index in [4.69, 9.17) is 5.11 Å². The highest BCUT2D eigenvalue weighted by Crippen LogP contribution is 2.35. The van der Waals surface area contributed by atoms with Crippen molar-refractivity contribution in [3.8, 4) is 0 Å². The molecular formula is C22H31N5O3. The molecule has 2 aliphatic rings. The van der Waals surface area contributed by atoms with Crippen molar-refractivity contribution < 1.29 is 9.90 Å². The summed E-state index contributed by atoms with van der Waals surface area (Å²) in [6.07, 6.45) is 1.04. The molecule has 4 heterocycles. The highest BCUT2D eigenvalue weighted by Gasteiger charge is 2.35. The van der Waals surface area contributed by atoms with E-state index in [-0.39, 0.29) is 18.0 Å². The van der Waals surface area contributed by atoms with Crippen molar-refractivity contribution in [2.24, 2.45) is 13.0 Å². The Bertz CT molecular complexity index is 1020.